The number of anilines is 1. The summed E-state index contributed by atoms with van der Waals surface area (Å²) >= 11 is 6.27. The first-order valence-corrected chi connectivity index (χ1v) is 12.4. The summed E-state index contributed by atoms with van der Waals surface area (Å²) in [7, 11) is 0. The summed E-state index contributed by atoms with van der Waals surface area (Å²) in [6.07, 6.45) is 9.03. The van der Waals surface area contributed by atoms with E-state index >= 15 is 0 Å². The van der Waals surface area contributed by atoms with E-state index in [4.69, 9.17) is 11.6 Å². The number of aryl methyl sites for hydroxylation is 1. The van der Waals surface area contributed by atoms with Gasteiger partial charge in [0.15, 0.2) is 5.82 Å². The highest BCUT2D eigenvalue weighted by Crippen LogP contribution is 2.62. The Labute approximate surface area is 199 Å². The van der Waals surface area contributed by atoms with Crippen LogP contribution in [0.1, 0.15) is 68.9 Å². The molecule has 5 rings (SSSR count). The minimum Gasteiger partial charge on any atom is -0.411 e. The Morgan fingerprint density at radius 1 is 1.33 bits per heavy atom. The number of halogens is 1. The molecule has 1 amide bonds. The van der Waals surface area contributed by atoms with Crippen molar-refractivity contribution in [2.24, 2.45) is 28.3 Å². The Bertz CT molecular complexity index is 1060. The molecule has 6 nitrogen and oxygen atoms in total. The molecule has 2 aromatic rings. The number of oxime groups is 1. The second-order valence-corrected chi connectivity index (χ2v) is 10.6. The fourth-order valence-electron chi connectivity index (χ4n) is 7.15. The van der Waals surface area contributed by atoms with Crippen LogP contribution in [0.3, 0.4) is 0 Å². The van der Waals surface area contributed by atoms with Crippen molar-refractivity contribution < 1.29 is 10.0 Å². The monoisotopic (exact) mass is 466 g/mol. The SMILES string of the molecule is C[C@]12CCC3c4ccc(Cl)cc4CCC3C1[C@H](CCCC(=O)Nc1cccnn1)C/C2=N\O. The Balaban J connectivity index is 1.30. The summed E-state index contributed by atoms with van der Waals surface area (Å²) in [5.41, 5.74) is 3.78. The number of carbonyl (C=O) groups excluding carboxylic acids is 1. The van der Waals surface area contributed by atoms with E-state index in [2.05, 4.69) is 39.7 Å². The van der Waals surface area contributed by atoms with Gasteiger partial charge in [0.1, 0.15) is 0 Å². The molecule has 1 heterocycles. The van der Waals surface area contributed by atoms with Crippen molar-refractivity contribution in [2.75, 3.05) is 5.32 Å². The van der Waals surface area contributed by atoms with Gasteiger partial charge in [-0.05, 0) is 104 Å². The van der Waals surface area contributed by atoms with Gasteiger partial charge in [-0.2, -0.15) is 5.10 Å². The van der Waals surface area contributed by atoms with E-state index in [0.29, 0.717) is 35.9 Å². The minimum atomic E-state index is -0.0492. The molecular weight excluding hydrogens is 436 g/mol. The highest BCUT2D eigenvalue weighted by Gasteiger charge is 2.57. The average molecular weight is 467 g/mol. The lowest BCUT2D eigenvalue weighted by Gasteiger charge is -2.50. The average Bonchev–Trinajstić information content (AvgIpc) is 3.11. The van der Waals surface area contributed by atoms with E-state index < -0.39 is 0 Å². The van der Waals surface area contributed by atoms with Crippen molar-refractivity contribution in [3.8, 4) is 0 Å². The van der Waals surface area contributed by atoms with Crippen LogP contribution in [-0.4, -0.2) is 27.0 Å². The first kappa shape index (κ1) is 22.3. The number of nitrogens with zero attached hydrogens (tertiary/aromatic N) is 3. The molecule has 5 atom stereocenters. The summed E-state index contributed by atoms with van der Waals surface area (Å²) in [6.45, 7) is 2.31. The van der Waals surface area contributed by atoms with Gasteiger partial charge in [-0.1, -0.05) is 29.7 Å². The van der Waals surface area contributed by atoms with Gasteiger partial charge in [0.05, 0.1) is 5.71 Å². The smallest absolute Gasteiger partial charge is 0.225 e. The molecule has 3 aliphatic rings. The third-order valence-electron chi connectivity index (χ3n) is 8.50. The van der Waals surface area contributed by atoms with Gasteiger partial charge in [-0.25, -0.2) is 0 Å². The summed E-state index contributed by atoms with van der Waals surface area (Å²) in [5.74, 6) is 2.50. The topological polar surface area (TPSA) is 87.5 Å². The largest absolute Gasteiger partial charge is 0.411 e. The predicted molar refractivity (Wildman–Crippen MR) is 129 cm³/mol. The second-order valence-electron chi connectivity index (χ2n) is 10.2. The number of carbonyl (C=O) groups is 1. The van der Waals surface area contributed by atoms with Crippen molar-refractivity contribution in [1.82, 2.24) is 10.2 Å². The Morgan fingerprint density at radius 2 is 2.21 bits per heavy atom. The lowest BCUT2D eigenvalue weighted by Crippen LogP contribution is -2.44. The molecule has 0 radical (unpaired) electrons. The zero-order chi connectivity index (χ0) is 23.0. The zero-order valence-electron chi connectivity index (χ0n) is 19.0. The standard InChI is InChI=1S/C26H31ClN4O2/c1-26-12-11-20-19-10-8-18(27)14-16(19)7-9-21(20)25(26)17(15-22(26)31-33)4-2-6-24(32)29-23-5-3-13-28-30-23/h3,5,8,10,13-14,17,20-21,25,33H,2,4,6-7,9,11-12,15H2,1H3,(H,29,30,32)/b31-22+/t17-,20?,21?,25?,26-/m1/s1. The van der Waals surface area contributed by atoms with E-state index in [1.54, 1.807) is 18.3 Å². The van der Waals surface area contributed by atoms with Gasteiger partial charge >= 0.3 is 0 Å². The molecule has 3 unspecified atom stereocenters. The highest BCUT2D eigenvalue weighted by molar-refractivity contribution is 6.30. The van der Waals surface area contributed by atoms with Crippen LogP contribution in [0.25, 0.3) is 0 Å². The maximum Gasteiger partial charge on any atom is 0.225 e. The molecule has 0 bridgehead atoms. The van der Waals surface area contributed by atoms with Crippen molar-refractivity contribution in [2.45, 2.75) is 64.2 Å². The Kier molecular flexibility index (Phi) is 6.12. The number of rotatable bonds is 5. The molecule has 174 valence electrons. The van der Waals surface area contributed by atoms with Crippen LogP contribution < -0.4 is 5.32 Å². The quantitative estimate of drug-likeness (QED) is 0.427. The first-order chi connectivity index (χ1) is 16.0. The predicted octanol–water partition coefficient (Wildman–Crippen LogP) is 5.85. The van der Waals surface area contributed by atoms with Gasteiger partial charge in [-0.3, -0.25) is 4.79 Å². The van der Waals surface area contributed by atoms with Crippen molar-refractivity contribution in [1.29, 1.82) is 0 Å². The van der Waals surface area contributed by atoms with Crippen LogP contribution in [0.2, 0.25) is 5.02 Å². The molecule has 1 aromatic carbocycles. The maximum absolute atomic E-state index is 12.4. The molecule has 7 heteroatoms. The number of aromatic nitrogens is 2. The van der Waals surface area contributed by atoms with Gasteiger partial charge in [-0.15, -0.1) is 5.10 Å². The van der Waals surface area contributed by atoms with Gasteiger partial charge in [0.2, 0.25) is 5.91 Å². The van der Waals surface area contributed by atoms with Crippen molar-refractivity contribution in [3.05, 3.63) is 52.7 Å². The lowest BCUT2D eigenvalue weighted by atomic mass is 9.54. The Morgan fingerprint density at radius 3 is 3.00 bits per heavy atom. The van der Waals surface area contributed by atoms with E-state index in [1.807, 2.05) is 6.07 Å². The molecule has 0 spiro atoms. The molecule has 2 saturated carbocycles. The molecule has 2 fully saturated rings. The van der Waals surface area contributed by atoms with E-state index in [-0.39, 0.29) is 11.3 Å². The summed E-state index contributed by atoms with van der Waals surface area (Å²) in [6, 6.07) is 9.91. The molecule has 3 aliphatic carbocycles. The molecule has 0 aliphatic heterocycles. The fraction of sp³-hybridized carbons (Fsp3) is 0.538. The van der Waals surface area contributed by atoms with Crippen LogP contribution in [0, 0.1) is 23.2 Å². The van der Waals surface area contributed by atoms with Crippen LogP contribution in [0.5, 0.6) is 0 Å². The summed E-state index contributed by atoms with van der Waals surface area (Å²) in [5, 5.41) is 25.0. The third kappa shape index (κ3) is 4.14. The lowest BCUT2D eigenvalue weighted by molar-refractivity contribution is -0.116. The molecule has 1 aromatic heterocycles. The molecule has 2 N–H and O–H groups in total. The maximum atomic E-state index is 12.4. The number of fused-ring (bicyclic) bond motifs is 5. The van der Waals surface area contributed by atoms with E-state index in [1.165, 1.54) is 11.1 Å². The highest BCUT2D eigenvalue weighted by atomic mass is 35.5. The van der Waals surface area contributed by atoms with Gasteiger partial charge < -0.3 is 10.5 Å². The fourth-order valence-corrected chi connectivity index (χ4v) is 7.35. The van der Waals surface area contributed by atoms with E-state index in [0.717, 1.165) is 55.7 Å². The number of benzene rings is 1. The minimum absolute atomic E-state index is 0.0303. The third-order valence-corrected chi connectivity index (χ3v) is 8.74. The van der Waals surface area contributed by atoms with E-state index in [9.17, 15) is 10.0 Å². The zero-order valence-corrected chi connectivity index (χ0v) is 19.8. The number of amides is 1. The second kappa shape index (κ2) is 9.05. The van der Waals surface area contributed by atoms with Crippen LogP contribution >= 0.6 is 11.6 Å². The van der Waals surface area contributed by atoms with Crippen molar-refractivity contribution in [3.63, 3.8) is 0 Å². The number of hydrogen-bond donors (Lipinski definition) is 2. The summed E-state index contributed by atoms with van der Waals surface area (Å²) < 4.78 is 0. The first-order valence-electron chi connectivity index (χ1n) is 12.1. The molecule has 0 saturated heterocycles. The molecule has 33 heavy (non-hydrogen) atoms. The normalized spacial score (nSPS) is 31.5. The van der Waals surface area contributed by atoms with Gasteiger partial charge in [0.25, 0.3) is 0 Å². The number of hydrogen-bond acceptors (Lipinski definition) is 5. The van der Waals surface area contributed by atoms with Crippen LogP contribution in [0.4, 0.5) is 5.82 Å². The van der Waals surface area contributed by atoms with Crippen LogP contribution in [-0.2, 0) is 11.2 Å². The number of nitrogens with one attached hydrogen (secondary N) is 1. The Hall–Kier alpha value is -2.47. The van der Waals surface area contributed by atoms with Crippen LogP contribution in [0.15, 0.2) is 41.7 Å². The summed E-state index contributed by atoms with van der Waals surface area (Å²) in [4.78, 5) is 12.4. The van der Waals surface area contributed by atoms with Crippen molar-refractivity contribution >= 4 is 29.0 Å². The molecular formula is C26H31ClN4O2. The van der Waals surface area contributed by atoms with Gasteiger partial charge in [0, 0.05) is 23.1 Å².